The van der Waals surface area contributed by atoms with Gasteiger partial charge >= 0.3 is 0 Å². The predicted molar refractivity (Wildman–Crippen MR) is 67.6 cm³/mol. The minimum Gasteiger partial charge on any atom is -0.356 e. The molecule has 0 aromatic heterocycles. The van der Waals surface area contributed by atoms with E-state index in [1.54, 1.807) is 6.92 Å². The molecule has 0 aromatic rings. The Morgan fingerprint density at radius 2 is 2.06 bits per heavy atom. The zero-order chi connectivity index (χ0) is 12.9. The third-order valence-electron chi connectivity index (χ3n) is 3.25. The molecule has 0 heterocycles. The Balaban J connectivity index is 2.60. The molecule has 0 bridgehead atoms. The van der Waals surface area contributed by atoms with Crippen molar-refractivity contribution in [2.45, 2.75) is 43.9 Å². The van der Waals surface area contributed by atoms with Crippen LogP contribution in [0.5, 0.6) is 0 Å². The highest BCUT2D eigenvalue weighted by Gasteiger charge is 2.32. The topological polar surface area (TPSA) is 75.3 Å². The molecule has 2 atom stereocenters. The van der Waals surface area contributed by atoms with Crippen LogP contribution in [0.15, 0.2) is 0 Å². The molecule has 100 valence electrons. The first kappa shape index (κ1) is 14.4. The second-order valence-corrected chi connectivity index (χ2v) is 6.82. The average Bonchev–Trinajstić information content (AvgIpc) is 2.28. The number of nitrogens with one attached hydrogen (secondary N) is 2. The van der Waals surface area contributed by atoms with Crippen LogP contribution in [0.1, 0.15) is 32.6 Å². The lowest BCUT2D eigenvalue weighted by molar-refractivity contribution is -0.118. The fraction of sp³-hybridized carbons (Fsp3) is 0.909. The fourth-order valence-corrected chi connectivity index (χ4v) is 4.04. The molecule has 2 N–H and O–H groups in total. The summed E-state index contributed by atoms with van der Waals surface area (Å²) in [6, 6.07) is 0.262. The summed E-state index contributed by atoms with van der Waals surface area (Å²) in [5.41, 5.74) is 0. The van der Waals surface area contributed by atoms with Gasteiger partial charge in [-0.1, -0.05) is 6.42 Å². The van der Waals surface area contributed by atoms with E-state index in [1.165, 1.54) is 0 Å². The molecular formula is C11H22N2O3S. The summed E-state index contributed by atoms with van der Waals surface area (Å²) < 4.78 is 24.1. The zero-order valence-electron chi connectivity index (χ0n) is 10.5. The van der Waals surface area contributed by atoms with Gasteiger partial charge in [0.05, 0.1) is 5.25 Å². The van der Waals surface area contributed by atoms with E-state index in [1.807, 2.05) is 7.05 Å². The van der Waals surface area contributed by atoms with Crippen molar-refractivity contribution in [1.29, 1.82) is 0 Å². The van der Waals surface area contributed by atoms with Gasteiger partial charge in [-0.3, -0.25) is 4.79 Å². The van der Waals surface area contributed by atoms with E-state index in [4.69, 9.17) is 0 Å². The van der Waals surface area contributed by atoms with Crippen LogP contribution < -0.4 is 10.6 Å². The lowest BCUT2D eigenvalue weighted by atomic mass is 9.95. The Morgan fingerprint density at radius 1 is 1.35 bits per heavy atom. The molecule has 2 unspecified atom stereocenters. The molecular weight excluding hydrogens is 240 g/mol. The highest BCUT2D eigenvalue weighted by molar-refractivity contribution is 7.92. The van der Waals surface area contributed by atoms with E-state index in [2.05, 4.69) is 10.6 Å². The van der Waals surface area contributed by atoms with Gasteiger partial charge in [0.15, 0.2) is 9.84 Å². The van der Waals surface area contributed by atoms with Gasteiger partial charge in [0.2, 0.25) is 5.91 Å². The second kappa shape index (κ2) is 6.35. The molecule has 1 aliphatic carbocycles. The van der Waals surface area contributed by atoms with Gasteiger partial charge in [0, 0.05) is 12.6 Å². The molecule has 1 saturated carbocycles. The minimum atomic E-state index is -3.30. The standard InChI is InChI=1S/C11H22N2O3S/c1-3-13-11(14)8-17(15,16)10-6-4-5-9(7-10)12-2/h9-10,12H,3-8H2,1-2H3,(H,13,14). The first-order chi connectivity index (χ1) is 7.99. The van der Waals surface area contributed by atoms with Gasteiger partial charge in [-0.15, -0.1) is 0 Å². The van der Waals surface area contributed by atoms with E-state index in [9.17, 15) is 13.2 Å². The molecule has 1 amide bonds. The third-order valence-corrected chi connectivity index (χ3v) is 5.36. The van der Waals surface area contributed by atoms with E-state index in [0.29, 0.717) is 19.4 Å². The molecule has 1 rings (SSSR count). The number of hydrogen-bond donors (Lipinski definition) is 2. The number of carbonyl (C=O) groups excluding carboxylic acids is 1. The SMILES string of the molecule is CCNC(=O)CS(=O)(=O)C1CCCC(NC)C1. The maximum atomic E-state index is 12.0. The normalized spacial score (nSPS) is 25.5. The minimum absolute atomic E-state index is 0.262. The van der Waals surface area contributed by atoms with Crippen molar-refractivity contribution in [2.24, 2.45) is 0 Å². The Morgan fingerprint density at radius 3 is 2.65 bits per heavy atom. The number of carbonyl (C=O) groups is 1. The van der Waals surface area contributed by atoms with Gasteiger partial charge in [-0.25, -0.2) is 8.42 Å². The van der Waals surface area contributed by atoms with E-state index in [0.717, 1.165) is 12.8 Å². The van der Waals surface area contributed by atoms with Crippen molar-refractivity contribution in [3.8, 4) is 0 Å². The van der Waals surface area contributed by atoms with Crippen LogP contribution in [0.3, 0.4) is 0 Å². The van der Waals surface area contributed by atoms with Crippen molar-refractivity contribution in [3.63, 3.8) is 0 Å². The van der Waals surface area contributed by atoms with Crippen LogP contribution >= 0.6 is 0 Å². The Labute approximate surface area is 103 Å². The van der Waals surface area contributed by atoms with Gasteiger partial charge in [0.1, 0.15) is 5.75 Å². The Bertz CT molecular complexity index is 354. The summed E-state index contributed by atoms with van der Waals surface area (Å²) in [5.74, 6) is -0.763. The Hall–Kier alpha value is -0.620. The monoisotopic (exact) mass is 262 g/mol. The molecule has 1 fully saturated rings. The zero-order valence-corrected chi connectivity index (χ0v) is 11.3. The predicted octanol–water partition coefficient (Wildman–Crippen LogP) is 0.0679. The van der Waals surface area contributed by atoms with E-state index in [-0.39, 0.29) is 23.0 Å². The van der Waals surface area contributed by atoms with Crippen molar-refractivity contribution in [3.05, 3.63) is 0 Å². The van der Waals surface area contributed by atoms with Crippen molar-refractivity contribution < 1.29 is 13.2 Å². The van der Waals surface area contributed by atoms with Crippen molar-refractivity contribution in [2.75, 3.05) is 19.3 Å². The number of rotatable bonds is 5. The molecule has 0 aromatic carbocycles. The summed E-state index contributed by atoms with van der Waals surface area (Å²) in [6.07, 6.45) is 3.23. The lowest BCUT2D eigenvalue weighted by Crippen LogP contribution is -2.41. The van der Waals surface area contributed by atoms with Gasteiger partial charge in [-0.2, -0.15) is 0 Å². The van der Waals surface area contributed by atoms with Crippen molar-refractivity contribution >= 4 is 15.7 Å². The molecule has 1 aliphatic rings. The van der Waals surface area contributed by atoms with Gasteiger partial charge in [0.25, 0.3) is 0 Å². The number of hydrogen-bond acceptors (Lipinski definition) is 4. The summed E-state index contributed by atoms with van der Waals surface area (Å²) in [4.78, 5) is 11.3. The van der Waals surface area contributed by atoms with Crippen LogP contribution in [0.2, 0.25) is 0 Å². The highest BCUT2D eigenvalue weighted by Crippen LogP contribution is 2.24. The van der Waals surface area contributed by atoms with Crippen LogP contribution in [0.25, 0.3) is 0 Å². The van der Waals surface area contributed by atoms with Crippen LogP contribution in [0.4, 0.5) is 0 Å². The highest BCUT2D eigenvalue weighted by atomic mass is 32.2. The smallest absolute Gasteiger partial charge is 0.235 e. The number of sulfone groups is 1. The van der Waals surface area contributed by atoms with E-state index >= 15 is 0 Å². The number of amides is 1. The summed E-state index contributed by atoms with van der Waals surface area (Å²) in [7, 11) is -1.45. The molecule has 0 aliphatic heterocycles. The molecule has 0 saturated heterocycles. The molecule has 0 radical (unpaired) electrons. The van der Waals surface area contributed by atoms with Crippen LogP contribution in [-0.2, 0) is 14.6 Å². The van der Waals surface area contributed by atoms with Crippen molar-refractivity contribution in [1.82, 2.24) is 10.6 Å². The molecule has 17 heavy (non-hydrogen) atoms. The average molecular weight is 262 g/mol. The molecule has 6 heteroatoms. The summed E-state index contributed by atoms with van der Waals surface area (Å²) in [6.45, 7) is 2.25. The van der Waals surface area contributed by atoms with E-state index < -0.39 is 9.84 Å². The molecule has 5 nitrogen and oxygen atoms in total. The molecule has 0 spiro atoms. The van der Waals surface area contributed by atoms with Gasteiger partial charge in [-0.05, 0) is 33.2 Å². The summed E-state index contributed by atoms with van der Waals surface area (Å²) >= 11 is 0. The third kappa shape index (κ3) is 4.27. The lowest BCUT2D eigenvalue weighted by Gasteiger charge is -2.28. The first-order valence-corrected chi connectivity index (χ1v) is 7.86. The van der Waals surface area contributed by atoms with Crippen LogP contribution in [0, 0.1) is 0 Å². The maximum absolute atomic E-state index is 12.0. The quantitative estimate of drug-likeness (QED) is 0.735. The van der Waals surface area contributed by atoms with Gasteiger partial charge < -0.3 is 10.6 Å². The second-order valence-electron chi connectivity index (χ2n) is 4.53. The Kier molecular flexibility index (Phi) is 5.39. The summed E-state index contributed by atoms with van der Waals surface area (Å²) in [5, 5.41) is 5.29. The van der Waals surface area contributed by atoms with Crippen LogP contribution in [-0.4, -0.2) is 45.0 Å². The maximum Gasteiger partial charge on any atom is 0.235 e. The largest absolute Gasteiger partial charge is 0.356 e. The first-order valence-electron chi connectivity index (χ1n) is 6.15. The fourth-order valence-electron chi connectivity index (χ4n) is 2.28.